The lowest BCUT2D eigenvalue weighted by Gasteiger charge is -2.50. The molecule has 2 rings (SSSR count). The van der Waals surface area contributed by atoms with Crippen LogP contribution in [0.15, 0.2) is 59.6 Å². The van der Waals surface area contributed by atoms with E-state index in [9.17, 15) is 0 Å². The van der Waals surface area contributed by atoms with Gasteiger partial charge in [-0.3, -0.25) is 0 Å². The molecule has 116 valence electrons. The molecule has 0 aliphatic heterocycles. The molecule has 0 bridgehead atoms. The topological polar surface area (TPSA) is 0 Å². The van der Waals surface area contributed by atoms with Gasteiger partial charge in [-0.05, 0) is 55.4 Å². The predicted octanol–water partition coefficient (Wildman–Crippen LogP) is 6.28. The summed E-state index contributed by atoms with van der Waals surface area (Å²) in [5.74, 6) is 0. The monoisotopic (exact) mass is 302 g/mol. The van der Waals surface area contributed by atoms with Crippen LogP contribution in [0.1, 0.15) is 46.0 Å². The van der Waals surface area contributed by atoms with Crippen LogP contribution in [0, 0.1) is 0 Å². The maximum absolute atomic E-state index is 2.58. The molecule has 0 saturated heterocycles. The lowest BCUT2D eigenvalue weighted by atomic mass is 10.1. The van der Waals surface area contributed by atoms with E-state index in [1.165, 1.54) is 25.7 Å². The molecular weight excluding hydrogens is 272 g/mol. The van der Waals surface area contributed by atoms with Crippen LogP contribution >= 0.6 is 10.0 Å². The first-order chi connectivity index (χ1) is 10.2. The van der Waals surface area contributed by atoms with Gasteiger partial charge in [0.1, 0.15) is 0 Å². The van der Waals surface area contributed by atoms with Gasteiger partial charge in [0, 0.05) is 5.25 Å². The zero-order valence-corrected chi connectivity index (χ0v) is 14.6. The molecule has 0 saturated carbocycles. The van der Waals surface area contributed by atoms with Crippen molar-refractivity contribution < 1.29 is 0 Å². The van der Waals surface area contributed by atoms with Gasteiger partial charge in [0.15, 0.2) is 0 Å². The Morgan fingerprint density at radius 3 is 2.67 bits per heavy atom. The van der Waals surface area contributed by atoms with Crippen molar-refractivity contribution >= 4 is 10.0 Å². The fourth-order valence-corrected chi connectivity index (χ4v) is 7.30. The fourth-order valence-electron chi connectivity index (χ4n) is 3.37. The highest BCUT2D eigenvalue weighted by Crippen LogP contribution is 2.64. The molecule has 0 aromatic heterocycles. The minimum absolute atomic E-state index is 0.713. The Morgan fingerprint density at radius 2 is 2.05 bits per heavy atom. The lowest BCUT2D eigenvalue weighted by Crippen LogP contribution is -2.28. The summed E-state index contributed by atoms with van der Waals surface area (Å²) in [4.78, 5) is 1.62. The molecule has 0 fully saturated rings. The Balaban J connectivity index is 2.30. The summed E-state index contributed by atoms with van der Waals surface area (Å²) < 4.78 is 0. The van der Waals surface area contributed by atoms with Crippen LogP contribution < -0.4 is 0 Å². The van der Waals surface area contributed by atoms with Gasteiger partial charge in [-0.1, -0.05) is 61.6 Å². The van der Waals surface area contributed by atoms with Crippen molar-refractivity contribution in [2.75, 3.05) is 6.26 Å². The highest BCUT2D eigenvalue weighted by atomic mass is 32.3. The summed E-state index contributed by atoms with van der Waals surface area (Å²) in [7, 11) is -0.781. The number of rotatable bonds is 5. The second-order valence-corrected chi connectivity index (χ2v) is 10.2. The van der Waals surface area contributed by atoms with Crippen LogP contribution in [-0.4, -0.2) is 16.8 Å². The second-order valence-electron chi connectivity index (χ2n) is 6.15. The highest BCUT2D eigenvalue weighted by Gasteiger charge is 2.36. The van der Waals surface area contributed by atoms with Crippen molar-refractivity contribution in [3.05, 3.63) is 59.6 Å². The third-order valence-corrected chi connectivity index (χ3v) is 9.82. The van der Waals surface area contributed by atoms with Crippen LogP contribution in [0.4, 0.5) is 0 Å². The summed E-state index contributed by atoms with van der Waals surface area (Å²) in [6.07, 6.45) is 29.8. The highest BCUT2D eigenvalue weighted by molar-refractivity contribution is 8.37. The number of hydrogen-bond acceptors (Lipinski definition) is 0. The van der Waals surface area contributed by atoms with Crippen molar-refractivity contribution in [3.63, 3.8) is 0 Å². The Morgan fingerprint density at radius 1 is 1.19 bits per heavy atom. The molecule has 3 unspecified atom stereocenters. The standard InChI is InChI=1S/C20H30S/c1-4-5-8-13-18(2)21(3,19-14-9-6-10-15-19)20-16-11-7-12-17-20/h5-11,13-14,19-20H,4,12,15-17H2,1-3H3. The van der Waals surface area contributed by atoms with Gasteiger partial charge in [0.05, 0.1) is 0 Å². The van der Waals surface area contributed by atoms with Gasteiger partial charge in [-0.2, -0.15) is 0 Å². The SMILES string of the molecule is CCC=CC=C(C)S(C)(C1C=CC=CC1)C1CC=CCC1. The molecular formula is C20H30S. The smallest absolute Gasteiger partial charge is 0.0142 e. The third-order valence-electron chi connectivity index (χ3n) is 4.88. The largest absolute Gasteiger partial charge is 0.211 e. The Kier molecular flexibility index (Phi) is 6.17. The molecule has 0 aromatic carbocycles. The molecule has 2 aliphatic rings. The average molecular weight is 303 g/mol. The summed E-state index contributed by atoms with van der Waals surface area (Å²) in [6.45, 7) is 4.58. The Hall–Kier alpha value is -0.950. The maximum atomic E-state index is 2.58. The van der Waals surface area contributed by atoms with Gasteiger partial charge in [0.2, 0.25) is 0 Å². The minimum atomic E-state index is -0.781. The van der Waals surface area contributed by atoms with Gasteiger partial charge in [-0.15, -0.1) is 0 Å². The zero-order valence-electron chi connectivity index (χ0n) is 13.8. The van der Waals surface area contributed by atoms with Crippen LogP contribution in [0.25, 0.3) is 0 Å². The van der Waals surface area contributed by atoms with E-state index >= 15 is 0 Å². The summed E-state index contributed by atoms with van der Waals surface area (Å²) in [5.41, 5.74) is 0. The predicted molar refractivity (Wildman–Crippen MR) is 100 cm³/mol. The summed E-state index contributed by atoms with van der Waals surface area (Å²) in [5, 5.41) is 1.56. The summed E-state index contributed by atoms with van der Waals surface area (Å²) >= 11 is 0. The van der Waals surface area contributed by atoms with Gasteiger partial charge in [-0.25, -0.2) is 10.0 Å². The average Bonchev–Trinajstić information content (AvgIpc) is 2.56. The van der Waals surface area contributed by atoms with Crippen molar-refractivity contribution in [2.45, 2.75) is 56.5 Å². The van der Waals surface area contributed by atoms with E-state index in [1.807, 2.05) is 0 Å². The fraction of sp³-hybridized carbons (Fsp3) is 0.500. The minimum Gasteiger partial charge on any atom is -0.211 e. The van der Waals surface area contributed by atoms with Crippen LogP contribution in [0.5, 0.6) is 0 Å². The molecule has 0 radical (unpaired) electrons. The Labute approximate surface area is 132 Å². The number of hydrogen-bond donors (Lipinski definition) is 0. The van der Waals surface area contributed by atoms with Gasteiger partial charge >= 0.3 is 0 Å². The quantitative estimate of drug-likeness (QED) is 0.414. The third kappa shape index (κ3) is 3.83. The molecule has 0 amide bonds. The normalized spacial score (nSPS) is 30.5. The van der Waals surface area contributed by atoms with E-state index in [-0.39, 0.29) is 0 Å². The van der Waals surface area contributed by atoms with E-state index in [0.717, 1.165) is 11.7 Å². The lowest BCUT2D eigenvalue weighted by molar-refractivity contribution is 0.735. The molecule has 2 aliphatic carbocycles. The molecule has 0 nitrogen and oxygen atoms in total. The molecule has 1 heteroatoms. The first kappa shape index (κ1) is 16.4. The van der Waals surface area contributed by atoms with E-state index in [0.29, 0.717) is 5.25 Å². The van der Waals surface area contributed by atoms with Gasteiger partial charge < -0.3 is 0 Å². The van der Waals surface area contributed by atoms with Gasteiger partial charge in [0.25, 0.3) is 0 Å². The molecule has 3 atom stereocenters. The van der Waals surface area contributed by atoms with E-state index in [4.69, 9.17) is 0 Å². The van der Waals surface area contributed by atoms with E-state index in [1.54, 1.807) is 4.91 Å². The van der Waals surface area contributed by atoms with Crippen LogP contribution in [-0.2, 0) is 0 Å². The summed E-state index contributed by atoms with van der Waals surface area (Å²) in [6, 6.07) is 0. The maximum Gasteiger partial charge on any atom is 0.0142 e. The van der Waals surface area contributed by atoms with Crippen molar-refractivity contribution in [2.24, 2.45) is 0 Å². The molecule has 21 heavy (non-hydrogen) atoms. The van der Waals surface area contributed by atoms with Crippen molar-refractivity contribution in [1.29, 1.82) is 0 Å². The van der Waals surface area contributed by atoms with Crippen molar-refractivity contribution in [1.82, 2.24) is 0 Å². The molecule has 0 N–H and O–H groups in total. The molecule has 0 heterocycles. The second kappa shape index (κ2) is 7.89. The van der Waals surface area contributed by atoms with Crippen LogP contribution in [0.3, 0.4) is 0 Å². The molecule has 0 spiro atoms. The van der Waals surface area contributed by atoms with E-state index in [2.05, 4.69) is 74.8 Å². The first-order valence-electron chi connectivity index (χ1n) is 8.27. The first-order valence-corrected chi connectivity index (χ1v) is 10.4. The molecule has 0 aromatic rings. The number of allylic oxidation sites excluding steroid dienone is 9. The zero-order chi connectivity index (χ0) is 15.1. The van der Waals surface area contributed by atoms with Crippen LogP contribution in [0.2, 0.25) is 0 Å². The van der Waals surface area contributed by atoms with Crippen molar-refractivity contribution in [3.8, 4) is 0 Å². The van der Waals surface area contributed by atoms with E-state index < -0.39 is 10.0 Å². The Bertz CT molecular complexity index is 478.